The number of nitrogens with two attached hydrogens (primary N) is 1. The molecule has 0 saturated carbocycles. The number of methoxy groups -OCH3 is 1. The number of benzene rings is 2. The highest BCUT2D eigenvalue weighted by molar-refractivity contribution is 6.42. The largest absolute Gasteiger partial charge is 0.496 e. The van der Waals surface area contributed by atoms with E-state index < -0.39 is 0 Å². The van der Waals surface area contributed by atoms with Crippen LogP contribution in [-0.4, -0.2) is 7.11 Å². The van der Waals surface area contributed by atoms with Gasteiger partial charge in [0, 0.05) is 12.1 Å². The molecule has 0 radical (unpaired) electrons. The Kier molecular flexibility index (Phi) is 4.12. The summed E-state index contributed by atoms with van der Waals surface area (Å²) in [6.07, 6.45) is 0. The van der Waals surface area contributed by atoms with Crippen LogP contribution < -0.4 is 10.5 Å². The van der Waals surface area contributed by atoms with E-state index in [-0.39, 0.29) is 0 Å². The molecule has 0 bridgehead atoms. The number of ether oxygens (including phenoxy) is 1. The Morgan fingerprint density at radius 2 is 1.83 bits per heavy atom. The van der Waals surface area contributed by atoms with Crippen LogP contribution in [-0.2, 0) is 6.54 Å². The summed E-state index contributed by atoms with van der Waals surface area (Å²) in [6, 6.07) is 11.3. The molecule has 0 aliphatic carbocycles. The molecule has 0 amide bonds. The van der Waals surface area contributed by atoms with Crippen molar-refractivity contribution in [2.24, 2.45) is 5.73 Å². The summed E-state index contributed by atoms with van der Waals surface area (Å²) in [7, 11) is 1.64. The molecule has 0 atom stereocenters. The molecule has 0 fully saturated rings. The van der Waals surface area contributed by atoms with Gasteiger partial charge >= 0.3 is 0 Å². The van der Waals surface area contributed by atoms with Gasteiger partial charge in [-0.3, -0.25) is 0 Å². The minimum Gasteiger partial charge on any atom is -0.496 e. The third-order valence-electron chi connectivity index (χ3n) is 2.73. The summed E-state index contributed by atoms with van der Waals surface area (Å²) < 4.78 is 5.35. The van der Waals surface area contributed by atoms with Crippen molar-refractivity contribution in [1.82, 2.24) is 0 Å². The third-order valence-corrected chi connectivity index (χ3v) is 3.47. The zero-order valence-corrected chi connectivity index (χ0v) is 11.4. The van der Waals surface area contributed by atoms with E-state index in [9.17, 15) is 0 Å². The summed E-state index contributed by atoms with van der Waals surface area (Å²) in [5, 5.41) is 1.06. The van der Waals surface area contributed by atoms with Gasteiger partial charge in [0.25, 0.3) is 0 Å². The predicted octanol–water partition coefficient (Wildman–Crippen LogP) is 4.13. The third kappa shape index (κ3) is 2.61. The molecule has 0 aromatic heterocycles. The van der Waals surface area contributed by atoms with E-state index in [0.29, 0.717) is 16.6 Å². The van der Waals surface area contributed by atoms with Crippen LogP contribution in [0.15, 0.2) is 36.4 Å². The Balaban J connectivity index is 2.57. The highest BCUT2D eigenvalue weighted by Crippen LogP contribution is 2.34. The Morgan fingerprint density at radius 1 is 1.06 bits per heavy atom. The first kappa shape index (κ1) is 13.2. The molecule has 0 spiro atoms. The summed E-state index contributed by atoms with van der Waals surface area (Å²) in [5.41, 5.74) is 8.61. The molecule has 2 nitrogen and oxygen atoms in total. The van der Waals surface area contributed by atoms with Gasteiger partial charge in [0.05, 0.1) is 17.2 Å². The van der Waals surface area contributed by atoms with E-state index in [4.69, 9.17) is 33.7 Å². The first-order valence-corrected chi connectivity index (χ1v) is 6.23. The average molecular weight is 282 g/mol. The van der Waals surface area contributed by atoms with Gasteiger partial charge in [0.15, 0.2) is 0 Å². The van der Waals surface area contributed by atoms with Crippen LogP contribution in [0.4, 0.5) is 0 Å². The lowest BCUT2D eigenvalue weighted by atomic mass is 10.0. The maximum absolute atomic E-state index is 6.04. The van der Waals surface area contributed by atoms with Gasteiger partial charge in [-0.15, -0.1) is 0 Å². The Morgan fingerprint density at radius 3 is 2.44 bits per heavy atom. The van der Waals surface area contributed by atoms with Crippen molar-refractivity contribution < 1.29 is 4.74 Å². The van der Waals surface area contributed by atoms with E-state index in [0.717, 1.165) is 22.4 Å². The SMILES string of the molecule is COc1ccc(CN)cc1-c1ccc(Cl)c(Cl)c1. The van der Waals surface area contributed by atoms with Crippen molar-refractivity contribution in [1.29, 1.82) is 0 Å². The van der Waals surface area contributed by atoms with Gasteiger partial charge in [-0.2, -0.15) is 0 Å². The van der Waals surface area contributed by atoms with Crippen LogP contribution in [0.3, 0.4) is 0 Å². The Labute approximate surface area is 116 Å². The van der Waals surface area contributed by atoms with Crippen molar-refractivity contribution >= 4 is 23.2 Å². The number of hydrogen-bond donors (Lipinski definition) is 1. The molecule has 0 unspecified atom stereocenters. The lowest BCUT2D eigenvalue weighted by Gasteiger charge is -2.11. The van der Waals surface area contributed by atoms with E-state index in [1.54, 1.807) is 13.2 Å². The zero-order chi connectivity index (χ0) is 13.1. The predicted molar refractivity (Wildman–Crippen MR) is 76.3 cm³/mol. The molecule has 2 aromatic rings. The van der Waals surface area contributed by atoms with Crippen molar-refractivity contribution in [3.63, 3.8) is 0 Å². The van der Waals surface area contributed by atoms with Crippen LogP contribution >= 0.6 is 23.2 Å². The maximum Gasteiger partial charge on any atom is 0.126 e. The van der Waals surface area contributed by atoms with Gasteiger partial charge in [0.1, 0.15) is 5.75 Å². The molecule has 0 heterocycles. The quantitative estimate of drug-likeness (QED) is 0.918. The van der Waals surface area contributed by atoms with Crippen LogP contribution in [0, 0.1) is 0 Å². The molecule has 0 aliphatic rings. The average Bonchev–Trinajstić information content (AvgIpc) is 2.41. The van der Waals surface area contributed by atoms with Crippen molar-refractivity contribution in [3.8, 4) is 16.9 Å². The van der Waals surface area contributed by atoms with Crippen LogP contribution in [0.5, 0.6) is 5.75 Å². The molecular weight excluding hydrogens is 269 g/mol. The maximum atomic E-state index is 6.04. The van der Waals surface area contributed by atoms with E-state index >= 15 is 0 Å². The molecule has 18 heavy (non-hydrogen) atoms. The van der Waals surface area contributed by atoms with Crippen molar-refractivity contribution in [3.05, 3.63) is 52.0 Å². The molecular formula is C14H13Cl2NO. The molecule has 94 valence electrons. The normalized spacial score (nSPS) is 10.4. The van der Waals surface area contributed by atoms with Gasteiger partial charge in [0.2, 0.25) is 0 Å². The van der Waals surface area contributed by atoms with Crippen LogP contribution in [0.1, 0.15) is 5.56 Å². The first-order valence-electron chi connectivity index (χ1n) is 5.48. The number of rotatable bonds is 3. The van der Waals surface area contributed by atoms with Gasteiger partial charge in [-0.1, -0.05) is 35.3 Å². The second-order valence-electron chi connectivity index (χ2n) is 3.87. The number of halogens is 2. The molecule has 2 N–H and O–H groups in total. The molecule has 2 rings (SSSR count). The van der Waals surface area contributed by atoms with Gasteiger partial charge in [-0.05, 0) is 35.4 Å². The fraction of sp³-hybridized carbons (Fsp3) is 0.143. The zero-order valence-electron chi connectivity index (χ0n) is 9.91. The van der Waals surface area contributed by atoms with Gasteiger partial charge in [-0.25, -0.2) is 0 Å². The molecule has 4 heteroatoms. The second-order valence-corrected chi connectivity index (χ2v) is 4.68. The highest BCUT2D eigenvalue weighted by Gasteiger charge is 2.08. The van der Waals surface area contributed by atoms with E-state index in [1.807, 2.05) is 30.3 Å². The highest BCUT2D eigenvalue weighted by atomic mass is 35.5. The fourth-order valence-electron chi connectivity index (χ4n) is 1.77. The van der Waals surface area contributed by atoms with Crippen LogP contribution in [0.25, 0.3) is 11.1 Å². The molecule has 2 aromatic carbocycles. The van der Waals surface area contributed by atoms with E-state index in [2.05, 4.69) is 0 Å². The lowest BCUT2D eigenvalue weighted by molar-refractivity contribution is 0.416. The Bertz CT molecular complexity index is 570. The summed E-state index contributed by atoms with van der Waals surface area (Å²) >= 11 is 12.0. The molecule has 0 saturated heterocycles. The minimum absolute atomic E-state index is 0.484. The minimum atomic E-state index is 0.484. The lowest BCUT2D eigenvalue weighted by Crippen LogP contribution is -1.97. The Hall–Kier alpha value is -1.22. The number of hydrogen-bond acceptors (Lipinski definition) is 2. The fourth-order valence-corrected chi connectivity index (χ4v) is 2.07. The summed E-state index contributed by atoms with van der Waals surface area (Å²) in [4.78, 5) is 0. The molecule has 0 aliphatic heterocycles. The van der Waals surface area contributed by atoms with E-state index in [1.165, 1.54) is 0 Å². The summed E-state index contributed by atoms with van der Waals surface area (Å²) in [5.74, 6) is 0.783. The topological polar surface area (TPSA) is 35.2 Å². The van der Waals surface area contributed by atoms with Gasteiger partial charge < -0.3 is 10.5 Å². The monoisotopic (exact) mass is 281 g/mol. The van der Waals surface area contributed by atoms with Crippen LogP contribution in [0.2, 0.25) is 10.0 Å². The smallest absolute Gasteiger partial charge is 0.126 e. The van der Waals surface area contributed by atoms with Crippen molar-refractivity contribution in [2.45, 2.75) is 6.54 Å². The first-order chi connectivity index (χ1) is 8.65. The van der Waals surface area contributed by atoms with Crippen molar-refractivity contribution in [2.75, 3.05) is 7.11 Å². The second kappa shape index (κ2) is 5.61. The summed E-state index contributed by atoms with van der Waals surface area (Å²) in [6.45, 7) is 0.484. The standard InChI is InChI=1S/C14H13Cl2NO/c1-18-14-5-2-9(8-17)6-11(14)10-3-4-12(15)13(16)7-10/h2-7H,8,17H2,1H3.